The average Bonchev–Trinajstić information content (AvgIpc) is 3.23. The monoisotopic (exact) mass is 411 g/mol. The first-order chi connectivity index (χ1) is 14.1. The summed E-state index contributed by atoms with van der Waals surface area (Å²) in [7, 11) is 0. The first-order valence-corrected chi connectivity index (χ1v) is 9.88. The lowest BCUT2D eigenvalue weighted by Crippen LogP contribution is -2.41. The molecule has 7 nitrogen and oxygen atoms in total. The van der Waals surface area contributed by atoms with Gasteiger partial charge in [0.15, 0.2) is 0 Å². The van der Waals surface area contributed by atoms with Gasteiger partial charge in [0, 0.05) is 31.4 Å². The van der Waals surface area contributed by atoms with Crippen LogP contribution in [0.15, 0.2) is 48.7 Å². The van der Waals surface area contributed by atoms with E-state index in [1.807, 2.05) is 30.3 Å². The van der Waals surface area contributed by atoms with Crippen LogP contribution in [0.4, 0.5) is 5.82 Å². The average molecular weight is 412 g/mol. The SMILES string of the molecule is C[C@@H]1CN(c2ccc(CNC(=O)c3cc(-c4ccccc4Cl)n[nH]3)cn2)CCO1. The van der Waals surface area contributed by atoms with Crippen molar-refractivity contribution < 1.29 is 9.53 Å². The Kier molecular flexibility index (Phi) is 5.78. The summed E-state index contributed by atoms with van der Waals surface area (Å²) in [6.45, 7) is 4.81. The zero-order chi connectivity index (χ0) is 20.2. The van der Waals surface area contributed by atoms with Crippen LogP contribution in [0.1, 0.15) is 23.0 Å². The van der Waals surface area contributed by atoms with E-state index in [1.54, 1.807) is 18.3 Å². The molecule has 3 aromatic rings. The second kappa shape index (κ2) is 8.63. The van der Waals surface area contributed by atoms with Crippen molar-refractivity contribution in [3.05, 3.63) is 64.9 Å². The molecule has 0 unspecified atom stereocenters. The minimum absolute atomic E-state index is 0.203. The Balaban J connectivity index is 1.36. The molecule has 1 aromatic carbocycles. The Labute approximate surface area is 174 Å². The number of carbonyl (C=O) groups excluding carboxylic acids is 1. The van der Waals surface area contributed by atoms with E-state index in [9.17, 15) is 4.79 Å². The van der Waals surface area contributed by atoms with Gasteiger partial charge >= 0.3 is 0 Å². The number of H-pyrrole nitrogens is 1. The van der Waals surface area contributed by atoms with Gasteiger partial charge in [-0.25, -0.2) is 4.98 Å². The lowest BCUT2D eigenvalue weighted by Gasteiger charge is -2.32. The fourth-order valence-electron chi connectivity index (χ4n) is 3.26. The molecular formula is C21H22ClN5O2. The molecule has 1 aliphatic heterocycles. The number of ether oxygens (including phenoxy) is 1. The molecular weight excluding hydrogens is 390 g/mol. The molecule has 1 atom stereocenters. The van der Waals surface area contributed by atoms with Crippen LogP contribution in [0.2, 0.25) is 5.02 Å². The van der Waals surface area contributed by atoms with Crippen LogP contribution >= 0.6 is 11.6 Å². The van der Waals surface area contributed by atoms with Gasteiger partial charge in [-0.2, -0.15) is 5.10 Å². The zero-order valence-electron chi connectivity index (χ0n) is 16.1. The third-order valence-electron chi connectivity index (χ3n) is 4.80. The van der Waals surface area contributed by atoms with Crippen molar-refractivity contribution in [1.82, 2.24) is 20.5 Å². The topological polar surface area (TPSA) is 83.1 Å². The second-order valence-corrected chi connectivity index (χ2v) is 7.39. The van der Waals surface area contributed by atoms with Gasteiger partial charge in [-0.05, 0) is 30.7 Å². The molecule has 1 fully saturated rings. The molecule has 8 heteroatoms. The number of halogens is 1. The predicted molar refractivity (Wildman–Crippen MR) is 112 cm³/mol. The Morgan fingerprint density at radius 2 is 2.21 bits per heavy atom. The summed E-state index contributed by atoms with van der Waals surface area (Å²) >= 11 is 6.19. The van der Waals surface area contributed by atoms with Crippen LogP contribution in [-0.4, -0.2) is 46.9 Å². The Bertz CT molecular complexity index is 989. The summed E-state index contributed by atoms with van der Waals surface area (Å²) in [5.74, 6) is 0.690. The van der Waals surface area contributed by atoms with Crippen molar-refractivity contribution in [3.63, 3.8) is 0 Å². The van der Waals surface area contributed by atoms with Crippen LogP contribution in [0, 0.1) is 0 Å². The maximum atomic E-state index is 12.4. The summed E-state index contributed by atoms with van der Waals surface area (Å²) in [5, 5.41) is 10.4. The van der Waals surface area contributed by atoms with Crippen molar-refractivity contribution in [3.8, 4) is 11.3 Å². The number of carbonyl (C=O) groups is 1. The number of benzene rings is 1. The van der Waals surface area contributed by atoms with Crippen molar-refractivity contribution in [2.45, 2.75) is 19.6 Å². The Hall–Kier alpha value is -2.90. The third kappa shape index (κ3) is 4.58. The summed E-state index contributed by atoms with van der Waals surface area (Å²) in [6, 6.07) is 13.0. The molecule has 150 valence electrons. The largest absolute Gasteiger partial charge is 0.375 e. The highest BCUT2D eigenvalue weighted by molar-refractivity contribution is 6.33. The van der Waals surface area contributed by atoms with Crippen molar-refractivity contribution in [1.29, 1.82) is 0 Å². The fourth-order valence-corrected chi connectivity index (χ4v) is 3.49. The molecule has 2 N–H and O–H groups in total. The van der Waals surface area contributed by atoms with Gasteiger partial charge in [0.05, 0.1) is 23.4 Å². The van der Waals surface area contributed by atoms with E-state index in [4.69, 9.17) is 16.3 Å². The summed E-state index contributed by atoms with van der Waals surface area (Å²) in [4.78, 5) is 19.2. The molecule has 0 bridgehead atoms. The maximum absolute atomic E-state index is 12.4. The van der Waals surface area contributed by atoms with E-state index >= 15 is 0 Å². The van der Waals surface area contributed by atoms with E-state index in [0.29, 0.717) is 29.6 Å². The summed E-state index contributed by atoms with van der Waals surface area (Å²) in [6.07, 6.45) is 1.99. The van der Waals surface area contributed by atoms with E-state index in [1.165, 1.54) is 0 Å². The zero-order valence-corrected chi connectivity index (χ0v) is 16.8. The fraction of sp³-hybridized carbons (Fsp3) is 0.286. The standard InChI is InChI=1S/C21H22ClN5O2/c1-14-13-27(8-9-29-14)20-7-6-15(11-23-20)12-24-21(28)19-10-18(25-26-19)16-4-2-3-5-17(16)22/h2-7,10-11,14H,8-9,12-13H2,1H3,(H,24,28)(H,25,26)/t14-/m1/s1. The molecule has 0 radical (unpaired) electrons. The number of anilines is 1. The third-order valence-corrected chi connectivity index (χ3v) is 5.13. The normalized spacial score (nSPS) is 16.6. The highest BCUT2D eigenvalue weighted by Crippen LogP contribution is 2.26. The van der Waals surface area contributed by atoms with E-state index in [0.717, 1.165) is 30.0 Å². The number of nitrogens with one attached hydrogen (secondary N) is 2. The number of rotatable bonds is 5. The molecule has 0 saturated carbocycles. The lowest BCUT2D eigenvalue weighted by atomic mass is 10.1. The number of nitrogens with zero attached hydrogens (tertiary/aromatic N) is 3. The van der Waals surface area contributed by atoms with E-state index in [-0.39, 0.29) is 12.0 Å². The van der Waals surface area contributed by atoms with Gasteiger partial charge in [-0.1, -0.05) is 35.9 Å². The molecule has 0 spiro atoms. The van der Waals surface area contributed by atoms with E-state index < -0.39 is 0 Å². The Morgan fingerprint density at radius 3 is 2.97 bits per heavy atom. The lowest BCUT2D eigenvalue weighted by molar-refractivity contribution is 0.0529. The van der Waals surface area contributed by atoms with Gasteiger partial charge in [-0.15, -0.1) is 0 Å². The van der Waals surface area contributed by atoms with Crippen LogP contribution in [0.5, 0.6) is 0 Å². The molecule has 0 aliphatic carbocycles. The molecule has 3 heterocycles. The molecule has 29 heavy (non-hydrogen) atoms. The number of pyridine rings is 1. The number of aromatic amines is 1. The van der Waals surface area contributed by atoms with Gasteiger partial charge in [-0.3, -0.25) is 9.89 Å². The van der Waals surface area contributed by atoms with Crippen LogP contribution in [-0.2, 0) is 11.3 Å². The van der Waals surface area contributed by atoms with Gasteiger partial charge < -0.3 is 15.0 Å². The van der Waals surface area contributed by atoms with Crippen LogP contribution in [0.3, 0.4) is 0 Å². The number of amides is 1. The first-order valence-electron chi connectivity index (χ1n) is 9.50. The van der Waals surface area contributed by atoms with Gasteiger partial charge in [0.1, 0.15) is 11.5 Å². The van der Waals surface area contributed by atoms with Gasteiger partial charge in [0.2, 0.25) is 0 Å². The predicted octanol–water partition coefficient (Wildman–Crippen LogP) is 3.28. The van der Waals surface area contributed by atoms with Gasteiger partial charge in [0.25, 0.3) is 5.91 Å². The first kappa shape index (κ1) is 19.4. The molecule has 1 amide bonds. The summed E-state index contributed by atoms with van der Waals surface area (Å²) in [5.41, 5.74) is 2.72. The number of morpholine rings is 1. The maximum Gasteiger partial charge on any atom is 0.269 e. The molecule has 4 rings (SSSR count). The highest BCUT2D eigenvalue weighted by Gasteiger charge is 2.18. The number of hydrogen-bond donors (Lipinski definition) is 2. The smallest absolute Gasteiger partial charge is 0.269 e. The van der Waals surface area contributed by atoms with Crippen molar-refractivity contribution >= 4 is 23.3 Å². The quantitative estimate of drug-likeness (QED) is 0.673. The minimum atomic E-state index is -0.234. The Morgan fingerprint density at radius 1 is 1.34 bits per heavy atom. The highest BCUT2D eigenvalue weighted by atomic mass is 35.5. The van der Waals surface area contributed by atoms with Crippen molar-refractivity contribution in [2.24, 2.45) is 0 Å². The molecule has 1 aliphatic rings. The molecule has 1 saturated heterocycles. The van der Waals surface area contributed by atoms with Crippen LogP contribution < -0.4 is 10.2 Å². The number of hydrogen-bond acceptors (Lipinski definition) is 5. The number of aromatic nitrogens is 3. The summed E-state index contributed by atoms with van der Waals surface area (Å²) < 4.78 is 5.56. The second-order valence-electron chi connectivity index (χ2n) is 6.98. The minimum Gasteiger partial charge on any atom is -0.375 e. The van der Waals surface area contributed by atoms with Crippen molar-refractivity contribution in [2.75, 3.05) is 24.6 Å². The molecule has 2 aromatic heterocycles. The van der Waals surface area contributed by atoms with E-state index in [2.05, 4.69) is 32.3 Å². The van der Waals surface area contributed by atoms with Crippen LogP contribution in [0.25, 0.3) is 11.3 Å².